The fourth-order valence-corrected chi connectivity index (χ4v) is 2.53. The van der Waals surface area contributed by atoms with Crippen LogP contribution in [0.1, 0.15) is 11.4 Å². The summed E-state index contributed by atoms with van der Waals surface area (Å²) in [4.78, 5) is 4.48. The molecule has 0 spiro atoms. The van der Waals surface area contributed by atoms with Crippen molar-refractivity contribution in [1.82, 2.24) is 4.98 Å². The van der Waals surface area contributed by atoms with Crippen molar-refractivity contribution in [3.05, 3.63) is 72.1 Å². The molecule has 2 heteroatoms. The lowest BCUT2D eigenvalue weighted by atomic mass is 9.97. The Kier molecular flexibility index (Phi) is 3.44. The summed E-state index contributed by atoms with van der Waals surface area (Å²) in [6.45, 7) is 3.94. The van der Waals surface area contributed by atoms with Gasteiger partial charge in [0.05, 0.1) is 0 Å². The predicted molar refractivity (Wildman–Crippen MR) is 86.2 cm³/mol. The molecule has 21 heavy (non-hydrogen) atoms. The van der Waals surface area contributed by atoms with E-state index in [1.807, 2.05) is 56.3 Å². The Bertz CT molecular complexity index is 779. The van der Waals surface area contributed by atoms with Crippen LogP contribution in [0.15, 0.2) is 60.7 Å². The van der Waals surface area contributed by atoms with Gasteiger partial charge in [0.1, 0.15) is 5.75 Å². The highest BCUT2D eigenvalue weighted by molar-refractivity contribution is 5.78. The van der Waals surface area contributed by atoms with Crippen LogP contribution in [-0.4, -0.2) is 10.1 Å². The van der Waals surface area contributed by atoms with E-state index >= 15 is 0 Å². The molecule has 0 bridgehead atoms. The molecule has 0 saturated carbocycles. The minimum Gasteiger partial charge on any atom is -0.507 e. The summed E-state index contributed by atoms with van der Waals surface area (Å²) in [5, 5.41) is 10.2. The molecule has 0 aliphatic carbocycles. The first-order valence-corrected chi connectivity index (χ1v) is 6.98. The fourth-order valence-electron chi connectivity index (χ4n) is 2.53. The maximum Gasteiger partial charge on any atom is 0.123 e. The van der Waals surface area contributed by atoms with Crippen molar-refractivity contribution in [2.24, 2.45) is 0 Å². The predicted octanol–water partition coefficient (Wildman–Crippen LogP) is 4.74. The zero-order valence-electron chi connectivity index (χ0n) is 12.2. The van der Waals surface area contributed by atoms with Crippen LogP contribution in [0.25, 0.3) is 22.3 Å². The molecule has 2 nitrogen and oxygen atoms in total. The van der Waals surface area contributed by atoms with E-state index in [0.717, 1.165) is 33.6 Å². The van der Waals surface area contributed by atoms with Gasteiger partial charge in [0.15, 0.2) is 0 Å². The topological polar surface area (TPSA) is 33.1 Å². The second-order valence-corrected chi connectivity index (χ2v) is 5.18. The Hall–Kier alpha value is -2.61. The first-order chi connectivity index (χ1) is 10.1. The Labute approximate surface area is 124 Å². The van der Waals surface area contributed by atoms with E-state index in [9.17, 15) is 5.11 Å². The Balaban J connectivity index is 2.15. The molecule has 0 unspecified atom stereocenters. The molecule has 0 aliphatic heterocycles. The van der Waals surface area contributed by atoms with Gasteiger partial charge in [0.2, 0.25) is 0 Å². The highest BCUT2D eigenvalue weighted by Crippen LogP contribution is 2.34. The molecular weight excluding hydrogens is 258 g/mol. The van der Waals surface area contributed by atoms with E-state index in [0.29, 0.717) is 0 Å². The van der Waals surface area contributed by atoms with Crippen LogP contribution in [-0.2, 0) is 0 Å². The van der Waals surface area contributed by atoms with Crippen LogP contribution in [0.2, 0.25) is 0 Å². The summed E-state index contributed by atoms with van der Waals surface area (Å²) >= 11 is 0. The number of rotatable bonds is 2. The molecule has 1 heterocycles. The van der Waals surface area contributed by atoms with Crippen molar-refractivity contribution in [3.8, 4) is 28.0 Å². The number of pyridine rings is 1. The first-order valence-electron chi connectivity index (χ1n) is 6.98. The number of aromatic hydroxyl groups is 1. The third kappa shape index (κ3) is 2.65. The molecule has 0 atom stereocenters. The molecule has 1 aromatic heterocycles. The van der Waals surface area contributed by atoms with Gasteiger partial charge >= 0.3 is 0 Å². The number of nitrogens with zero attached hydrogens (tertiary/aromatic N) is 1. The Morgan fingerprint density at radius 3 is 2.24 bits per heavy atom. The fraction of sp³-hybridized carbons (Fsp3) is 0.105. The van der Waals surface area contributed by atoms with E-state index in [-0.39, 0.29) is 5.75 Å². The monoisotopic (exact) mass is 275 g/mol. The molecule has 3 rings (SSSR count). The van der Waals surface area contributed by atoms with Crippen molar-refractivity contribution in [2.45, 2.75) is 13.8 Å². The highest BCUT2D eigenvalue weighted by Gasteiger charge is 2.10. The standard InChI is InChI=1S/C19H17NO/c1-13-8-10-17(14(2)20-13)18-12-16(9-11-19(18)21)15-6-4-3-5-7-15/h3-12,21H,1-2H3. The van der Waals surface area contributed by atoms with E-state index < -0.39 is 0 Å². The average molecular weight is 275 g/mol. The van der Waals surface area contributed by atoms with E-state index in [1.54, 1.807) is 6.07 Å². The SMILES string of the molecule is Cc1ccc(-c2cc(-c3ccccc3)ccc2O)c(C)n1. The van der Waals surface area contributed by atoms with Crippen molar-refractivity contribution < 1.29 is 5.11 Å². The van der Waals surface area contributed by atoms with Crippen LogP contribution in [0, 0.1) is 13.8 Å². The van der Waals surface area contributed by atoms with Gasteiger partial charge in [-0.2, -0.15) is 0 Å². The lowest BCUT2D eigenvalue weighted by molar-refractivity contribution is 0.477. The number of phenols is 1. The van der Waals surface area contributed by atoms with Crippen LogP contribution in [0.3, 0.4) is 0 Å². The zero-order valence-corrected chi connectivity index (χ0v) is 12.2. The molecule has 0 saturated heterocycles. The lowest BCUT2D eigenvalue weighted by Crippen LogP contribution is -1.91. The second-order valence-electron chi connectivity index (χ2n) is 5.18. The first kappa shape index (κ1) is 13.4. The van der Waals surface area contributed by atoms with Crippen molar-refractivity contribution in [2.75, 3.05) is 0 Å². The van der Waals surface area contributed by atoms with Gasteiger partial charge in [-0.25, -0.2) is 0 Å². The third-order valence-corrected chi connectivity index (χ3v) is 3.62. The van der Waals surface area contributed by atoms with Crippen LogP contribution < -0.4 is 0 Å². The highest BCUT2D eigenvalue weighted by atomic mass is 16.3. The van der Waals surface area contributed by atoms with Crippen molar-refractivity contribution in [1.29, 1.82) is 0 Å². The summed E-state index contributed by atoms with van der Waals surface area (Å²) in [5.41, 5.74) is 5.92. The lowest BCUT2D eigenvalue weighted by Gasteiger charge is -2.11. The summed E-state index contributed by atoms with van der Waals surface area (Å²) in [6, 6.07) is 19.8. The van der Waals surface area contributed by atoms with E-state index in [2.05, 4.69) is 17.1 Å². The minimum absolute atomic E-state index is 0.281. The summed E-state index contributed by atoms with van der Waals surface area (Å²) < 4.78 is 0. The van der Waals surface area contributed by atoms with Crippen LogP contribution >= 0.6 is 0 Å². The van der Waals surface area contributed by atoms with Gasteiger partial charge in [-0.15, -0.1) is 0 Å². The van der Waals surface area contributed by atoms with Crippen molar-refractivity contribution in [3.63, 3.8) is 0 Å². The third-order valence-electron chi connectivity index (χ3n) is 3.62. The molecule has 1 N–H and O–H groups in total. The Morgan fingerprint density at radius 2 is 1.52 bits per heavy atom. The molecule has 3 aromatic rings. The minimum atomic E-state index is 0.281. The molecule has 0 fully saturated rings. The number of aryl methyl sites for hydroxylation is 2. The quantitative estimate of drug-likeness (QED) is 0.733. The van der Waals surface area contributed by atoms with E-state index in [4.69, 9.17) is 0 Å². The molecular formula is C19H17NO. The van der Waals surface area contributed by atoms with Crippen molar-refractivity contribution >= 4 is 0 Å². The summed E-state index contributed by atoms with van der Waals surface area (Å²) in [7, 11) is 0. The normalized spacial score (nSPS) is 10.6. The Morgan fingerprint density at radius 1 is 0.762 bits per heavy atom. The number of hydrogen-bond acceptors (Lipinski definition) is 2. The smallest absolute Gasteiger partial charge is 0.123 e. The van der Waals surface area contributed by atoms with Gasteiger partial charge in [-0.3, -0.25) is 4.98 Å². The number of aromatic nitrogens is 1. The van der Waals surface area contributed by atoms with E-state index in [1.165, 1.54) is 0 Å². The molecule has 104 valence electrons. The van der Waals surface area contributed by atoms with Gasteiger partial charge < -0.3 is 5.11 Å². The maximum atomic E-state index is 10.2. The molecule has 0 amide bonds. The number of phenolic OH excluding ortho intramolecular Hbond substituents is 1. The molecule has 0 aliphatic rings. The van der Waals surface area contributed by atoms with Crippen LogP contribution in [0.4, 0.5) is 0 Å². The zero-order chi connectivity index (χ0) is 14.8. The van der Waals surface area contributed by atoms with Crippen LogP contribution in [0.5, 0.6) is 5.75 Å². The molecule has 0 radical (unpaired) electrons. The summed E-state index contributed by atoms with van der Waals surface area (Å²) in [6.07, 6.45) is 0. The van der Waals surface area contributed by atoms with Gasteiger partial charge in [-0.05, 0) is 43.2 Å². The number of benzene rings is 2. The molecule has 2 aromatic carbocycles. The second kappa shape index (κ2) is 5.41. The van der Waals surface area contributed by atoms with Gasteiger partial charge in [-0.1, -0.05) is 42.5 Å². The summed E-state index contributed by atoms with van der Waals surface area (Å²) in [5.74, 6) is 0.281. The maximum absolute atomic E-state index is 10.2. The number of hydrogen-bond donors (Lipinski definition) is 1. The van der Waals surface area contributed by atoms with Gasteiger partial charge in [0.25, 0.3) is 0 Å². The average Bonchev–Trinajstić information content (AvgIpc) is 2.49. The largest absolute Gasteiger partial charge is 0.507 e. The van der Waals surface area contributed by atoms with Gasteiger partial charge in [0, 0.05) is 22.5 Å².